The molecule has 0 aromatic heterocycles. The van der Waals surface area contributed by atoms with E-state index in [1.807, 2.05) is 37.3 Å². The van der Waals surface area contributed by atoms with Crippen molar-refractivity contribution < 1.29 is 14.3 Å². The third-order valence-electron chi connectivity index (χ3n) is 3.45. The lowest BCUT2D eigenvalue weighted by molar-refractivity contribution is -0.126. The lowest BCUT2D eigenvalue weighted by atomic mass is 10.2. The van der Waals surface area contributed by atoms with Crippen molar-refractivity contribution >= 4 is 33.4 Å². The van der Waals surface area contributed by atoms with Crippen molar-refractivity contribution in [1.82, 2.24) is 5.32 Å². The van der Waals surface area contributed by atoms with E-state index in [0.717, 1.165) is 15.6 Å². The van der Waals surface area contributed by atoms with E-state index in [1.54, 1.807) is 19.2 Å². The van der Waals surface area contributed by atoms with E-state index in [4.69, 9.17) is 4.74 Å². The maximum Gasteiger partial charge on any atom is 0.233 e. The number of para-hydroxylation sites is 1. The van der Waals surface area contributed by atoms with Crippen molar-refractivity contribution in [1.29, 1.82) is 0 Å². The molecule has 2 aromatic carbocycles. The second-order valence-electron chi connectivity index (χ2n) is 5.28. The predicted molar refractivity (Wildman–Crippen MR) is 97.0 cm³/mol. The molecule has 2 rings (SSSR count). The molecule has 0 atom stereocenters. The van der Waals surface area contributed by atoms with Gasteiger partial charge in [0, 0.05) is 22.3 Å². The van der Waals surface area contributed by atoms with Crippen molar-refractivity contribution in [3.63, 3.8) is 0 Å². The summed E-state index contributed by atoms with van der Waals surface area (Å²) in [7, 11) is 1.58. The highest BCUT2D eigenvalue weighted by molar-refractivity contribution is 9.10. The van der Waals surface area contributed by atoms with Gasteiger partial charge in [-0.05, 0) is 30.7 Å². The molecule has 2 aromatic rings. The first-order valence-corrected chi connectivity index (χ1v) is 8.23. The number of aryl methyl sites for hydroxylation is 1. The van der Waals surface area contributed by atoms with Crippen molar-refractivity contribution in [3.05, 3.63) is 58.1 Å². The van der Waals surface area contributed by atoms with Gasteiger partial charge in [-0.2, -0.15) is 0 Å². The van der Waals surface area contributed by atoms with Crippen molar-refractivity contribution in [2.75, 3.05) is 12.4 Å². The second-order valence-corrected chi connectivity index (χ2v) is 6.13. The fourth-order valence-corrected chi connectivity index (χ4v) is 2.51. The Balaban J connectivity index is 1.85. The van der Waals surface area contributed by atoms with Crippen LogP contribution in [0.5, 0.6) is 5.75 Å². The molecule has 2 amide bonds. The summed E-state index contributed by atoms with van der Waals surface area (Å²) in [5.41, 5.74) is 2.58. The number of nitrogens with one attached hydrogen (secondary N) is 2. The molecule has 2 N–H and O–H groups in total. The SMILES string of the molecule is COc1ccccc1CNC(=O)CC(=O)Nc1ccc(C)c(Br)c1. The molecule has 126 valence electrons. The standard InChI is InChI=1S/C18H19BrN2O3/c1-12-7-8-14(9-15(12)19)21-18(23)10-17(22)20-11-13-5-3-4-6-16(13)24-2/h3-9H,10-11H2,1-2H3,(H,20,22)(H,21,23). The van der Waals surface area contributed by atoms with Crippen LogP contribution in [-0.4, -0.2) is 18.9 Å². The lowest BCUT2D eigenvalue weighted by Crippen LogP contribution is -2.27. The van der Waals surface area contributed by atoms with Gasteiger partial charge in [0.05, 0.1) is 7.11 Å². The topological polar surface area (TPSA) is 67.4 Å². The molecule has 0 bridgehead atoms. The number of ether oxygens (including phenoxy) is 1. The minimum absolute atomic E-state index is 0.235. The number of carbonyl (C=O) groups excluding carboxylic acids is 2. The maximum absolute atomic E-state index is 11.9. The zero-order valence-corrected chi connectivity index (χ0v) is 15.1. The predicted octanol–water partition coefficient (Wildman–Crippen LogP) is 3.41. The molecule has 24 heavy (non-hydrogen) atoms. The van der Waals surface area contributed by atoms with Crippen LogP contribution < -0.4 is 15.4 Å². The molecule has 6 heteroatoms. The van der Waals surface area contributed by atoms with E-state index in [2.05, 4.69) is 26.6 Å². The Morgan fingerprint density at radius 2 is 1.88 bits per heavy atom. The Hall–Kier alpha value is -2.34. The fraction of sp³-hybridized carbons (Fsp3) is 0.222. The zero-order valence-electron chi connectivity index (χ0n) is 13.6. The Kier molecular flexibility index (Phi) is 6.37. The third kappa shape index (κ3) is 5.09. The van der Waals surface area contributed by atoms with Crippen LogP contribution in [0.3, 0.4) is 0 Å². The molecular formula is C18H19BrN2O3. The van der Waals surface area contributed by atoms with Gasteiger partial charge >= 0.3 is 0 Å². The van der Waals surface area contributed by atoms with Crippen LogP contribution in [0.25, 0.3) is 0 Å². The van der Waals surface area contributed by atoms with E-state index in [9.17, 15) is 9.59 Å². The van der Waals surface area contributed by atoms with Crippen molar-refractivity contribution in [2.45, 2.75) is 19.9 Å². The highest BCUT2D eigenvalue weighted by Crippen LogP contribution is 2.20. The molecule has 0 fully saturated rings. The molecule has 0 heterocycles. The van der Waals surface area contributed by atoms with Crippen LogP contribution >= 0.6 is 15.9 Å². The summed E-state index contributed by atoms with van der Waals surface area (Å²) in [6, 6.07) is 12.9. The zero-order chi connectivity index (χ0) is 17.5. The number of methoxy groups -OCH3 is 1. The van der Waals surface area contributed by atoms with Crippen molar-refractivity contribution in [2.24, 2.45) is 0 Å². The number of benzene rings is 2. The van der Waals surface area contributed by atoms with E-state index in [1.165, 1.54) is 0 Å². The first-order chi connectivity index (χ1) is 11.5. The number of hydrogen-bond donors (Lipinski definition) is 2. The average molecular weight is 391 g/mol. The highest BCUT2D eigenvalue weighted by Gasteiger charge is 2.11. The second kappa shape index (κ2) is 8.49. The van der Waals surface area contributed by atoms with Crippen molar-refractivity contribution in [3.8, 4) is 5.75 Å². The van der Waals surface area contributed by atoms with Gasteiger partial charge in [0.15, 0.2) is 0 Å². The number of hydrogen-bond acceptors (Lipinski definition) is 3. The Bertz CT molecular complexity index is 747. The average Bonchev–Trinajstić information content (AvgIpc) is 2.56. The Morgan fingerprint density at radius 3 is 2.58 bits per heavy atom. The summed E-state index contributed by atoms with van der Waals surface area (Å²) in [6.07, 6.45) is -0.235. The molecular weight excluding hydrogens is 372 g/mol. The van der Waals surface area contributed by atoms with E-state index >= 15 is 0 Å². The largest absolute Gasteiger partial charge is 0.496 e. The molecule has 0 unspecified atom stereocenters. The number of halogens is 1. The number of anilines is 1. The van der Waals surface area contributed by atoms with Crippen LogP contribution in [0.1, 0.15) is 17.5 Å². The number of carbonyl (C=O) groups is 2. The van der Waals surface area contributed by atoms with Gasteiger partial charge in [0.2, 0.25) is 11.8 Å². The summed E-state index contributed by atoms with van der Waals surface area (Å²) >= 11 is 3.41. The van der Waals surface area contributed by atoms with Gasteiger partial charge in [0.1, 0.15) is 12.2 Å². The summed E-state index contributed by atoms with van der Waals surface area (Å²) in [6.45, 7) is 2.27. The van der Waals surface area contributed by atoms with Crippen LogP contribution in [0, 0.1) is 6.92 Å². The minimum Gasteiger partial charge on any atom is -0.496 e. The molecule has 0 saturated carbocycles. The molecule has 0 saturated heterocycles. The first-order valence-electron chi connectivity index (χ1n) is 7.44. The highest BCUT2D eigenvalue weighted by atomic mass is 79.9. The summed E-state index contributed by atoms with van der Waals surface area (Å²) in [5.74, 6) is -0.000352. The lowest BCUT2D eigenvalue weighted by Gasteiger charge is -2.10. The fourth-order valence-electron chi connectivity index (χ4n) is 2.13. The summed E-state index contributed by atoms with van der Waals surface area (Å²) in [5, 5.41) is 5.43. The molecule has 0 aliphatic carbocycles. The van der Waals surface area contributed by atoms with E-state index in [-0.39, 0.29) is 18.2 Å². The van der Waals surface area contributed by atoms with Gasteiger partial charge in [0.25, 0.3) is 0 Å². The number of rotatable bonds is 6. The van der Waals surface area contributed by atoms with Gasteiger partial charge < -0.3 is 15.4 Å². The van der Waals surface area contributed by atoms with Gasteiger partial charge in [-0.1, -0.05) is 40.2 Å². The maximum atomic E-state index is 11.9. The quantitative estimate of drug-likeness (QED) is 0.742. The van der Waals surface area contributed by atoms with Gasteiger partial charge in [-0.25, -0.2) is 0 Å². The Morgan fingerprint density at radius 1 is 1.12 bits per heavy atom. The smallest absolute Gasteiger partial charge is 0.233 e. The van der Waals surface area contributed by atoms with Gasteiger partial charge in [-0.3, -0.25) is 9.59 Å². The first kappa shape index (κ1) is 18.0. The van der Waals surface area contributed by atoms with E-state index < -0.39 is 0 Å². The van der Waals surface area contributed by atoms with Crippen LogP contribution in [0.15, 0.2) is 46.9 Å². The molecule has 0 radical (unpaired) electrons. The summed E-state index contributed by atoms with van der Waals surface area (Å²) < 4.78 is 6.13. The monoisotopic (exact) mass is 390 g/mol. The minimum atomic E-state index is -0.358. The molecule has 0 spiro atoms. The van der Waals surface area contributed by atoms with E-state index in [0.29, 0.717) is 18.0 Å². The molecule has 5 nitrogen and oxygen atoms in total. The van der Waals surface area contributed by atoms with Crippen LogP contribution in [0.4, 0.5) is 5.69 Å². The van der Waals surface area contributed by atoms with Crippen LogP contribution in [-0.2, 0) is 16.1 Å². The molecule has 0 aliphatic rings. The Labute approximate surface area is 149 Å². The normalized spacial score (nSPS) is 10.1. The summed E-state index contributed by atoms with van der Waals surface area (Å²) in [4.78, 5) is 23.9. The third-order valence-corrected chi connectivity index (χ3v) is 4.30. The number of amides is 2. The van der Waals surface area contributed by atoms with Gasteiger partial charge in [-0.15, -0.1) is 0 Å². The van der Waals surface area contributed by atoms with Crippen LogP contribution in [0.2, 0.25) is 0 Å². The molecule has 0 aliphatic heterocycles.